The quantitative estimate of drug-likeness (QED) is 0.474. The Hall–Kier alpha value is 0.562. The zero-order valence-electron chi connectivity index (χ0n) is 2.96. The number of carbonyl (C=O) groups is 1. The average molecular weight is 198 g/mol. The average Bonchev–Trinajstić information content (AvgIpc) is 1.38. The van der Waals surface area contributed by atoms with Gasteiger partial charge in [-0.15, -0.1) is 9.24 Å². The van der Waals surface area contributed by atoms with E-state index in [1.807, 2.05) is 0 Å². The Morgan fingerprint density at radius 2 is 2.00 bits per heavy atom. The zero-order valence-corrected chi connectivity index (χ0v) is 5.67. The molecule has 0 spiro atoms. The van der Waals surface area contributed by atoms with Gasteiger partial charge in [0, 0.05) is 20.4 Å². The van der Waals surface area contributed by atoms with Crippen LogP contribution in [-0.2, 0) is 25.2 Å². The molecular formula is C2H5O2PPd. The van der Waals surface area contributed by atoms with Gasteiger partial charge >= 0.3 is 5.97 Å². The van der Waals surface area contributed by atoms with E-state index < -0.39 is 5.97 Å². The van der Waals surface area contributed by atoms with E-state index in [9.17, 15) is 4.79 Å². The summed E-state index contributed by atoms with van der Waals surface area (Å²) in [7, 11) is 2.09. The molecule has 0 aromatic rings. The predicted molar refractivity (Wildman–Crippen MR) is 22.2 cm³/mol. The Morgan fingerprint density at radius 1 is 1.83 bits per heavy atom. The molecule has 0 aliphatic rings. The summed E-state index contributed by atoms with van der Waals surface area (Å²) in [6.45, 7) is 0. The largest absolute Gasteiger partial charge is 0.481 e. The van der Waals surface area contributed by atoms with Crippen LogP contribution < -0.4 is 0 Å². The molecule has 0 bridgehead atoms. The molecule has 0 heterocycles. The normalized spacial score (nSPS) is 6.17. The third-order valence-corrected chi connectivity index (χ3v) is 0.524. The van der Waals surface area contributed by atoms with Crippen LogP contribution in [0.15, 0.2) is 0 Å². The summed E-state index contributed by atoms with van der Waals surface area (Å²) < 4.78 is 0. The van der Waals surface area contributed by atoms with E-state index >= 15 is 0 Å². The second-order valence-corrected chi connectivity index (χ2v) is 1.01. The molecule has 0 aliphatic heterocycles. The molecule has 40 valence electrons. The second-order valence-electron chi connectivity index (χ2n) is 0.598. The van der Waals surface area contributed by atoms with Crippen molar-refractivity contribution in [2.24, 2.45) is 0 Å². The molecule has 0 aromatic carbocycles. The molecular weight excluding hydrogens is 193 g/mol. The molecule has 4 heteroatoms. The third kappa shape index (κ3) is 8.82. The van der Waals surface area contributed by atoms with E-state index in [2.05, 4.69) is 9.24 Å². The van der Waals surface area contributed by atoms with Gasteiger partial charge in [-0.1, -0.05) is 0 Å². The van der Waals surface area contributed by atoms with Gasteiger partial charge in [-0.25, -0.2) is 0 Å². The molecule has 0 aliphatic carbocycles. The SMILES string of the molecule is O=C(O)CP.[Pd]. The van der Waals surface area contributed by atoms with Crippen LogP contribution in [-0.4, -0.2) is 17.2 Å². The van der Waals surface area contributed by atoms with Gasteiger partial charge in [0.1, 0.15) is 0 Å². The molecule has 1 N–H and O–H groups in total. The molecule has 2 nitrogen and oxygen atoms in total. The van der Waals surface area contributed by atoms with Crippen LogP contribution in [0.4, 0.5) is 0 Å². The van der Waals surface area contributed by atoms with E-state index in [1.165, 1.54) is 0 Å². The van der Waals surface area contributed by atoms with Crippen molar-refractivity contribution in [3.8, 4) is 0 Å². The fourth-order valence-electron chi connectivity index (χ4n) is 0. The van der Waals surface area contributed by atoms with Crippen LogP contribution in [0, 0.1) is 0 Å². The van der Waals surface area contributed by atoms with Crippen LogP contribution >= 0.6 is 9.24 Å². The maximum atomic E-state index is 9.35. The van der Waals surface area contributed by atoms with Gasteiger partial charge in [-0.3, -0.25) is 4.79 Å². The summed E-state index contributed by atoms with van der Waals surface area (Å²) in [5.41, 5.74) is 0. The number of rotatable bonds is 1. The van der Waals surface area contributed by atoms with E-state index in [1.54, 1.807) is 0 Å². The number of carboxylic acid groups (broad SMARTS) is 1. The van der Waals surface area contributed by atoms with Crippen molar-refractivity contribution in [1.29, 1.82) is 0 Å². The first-order valence-electron chi connectivity index (χ1n) is 1.19. The summed E-state index contributed by atoms with van der Waals surface area (Å²) in [6.07, 6.45) is 0.139. The summed E-state index contributed by atoms with van der Waals surface area (Å²) in [5, 5.41) is 7.70. The maximum absolute atomic E-state index is 9.35. The van der Waals surface area contributed by atoms with Crippen LogP contribution in [0.2, 0.25) is 0 Å². The van der Waals surface area contributed by atoms with Crippen molar-refractivity contribution in [3.05, 3.63) is 0 Å². The molecule has 0 aromatic heterocycles. The fraction of sp³-hybridized carbons (Fsp3) is 0.500. The predicted octanol–water partition coefficient (Wildman–Crippen LogP) is -0.0564. The van der Waals surface area contributed by atoms with Gasteiger partial charge < -0.3 is 5.11 Å². The monoisotopic (exact) mass is 198 g/mol. The summed E-state index contributed by atoms with van der Waals surface area (Å²) in [4.78, 5) is 9.35. The molecule has 0 saturated heterocycles. The Balaban J connectivity index is 0. The molecule has 0 saturated carbocycles. The van der Waals surface area contributed by atoms with E-state index in [4.69, 9.17) is 5.11 Å². The van der Waals surface area contributed by atoms with Gasteiger partial charge in [0.2, 0.25) is 0 Å². The molecule has 1 unspecified atom stereocenters. The smallest absolute Gasteiger partial charge is 0.307 e. The van der Waals surface area contributed by atoms with Gasteiger partial charge in [-0.05, 0) is 0 Å². The minimum absolute atomic E-state index is 0. The van der Waals surface area contributed by atoms with Gasteiger partial charge in [-0.2, -0.15) is 0 Å². The van der Waals surface area contributed by atoms with Gasteiger partial charge in [0.25, 0.3) is 0 Å². The third-order valence-electron chi connectivity index (χ3n) is 0.175. The van der Waals surface area contributed by atoms with Gasteiger partial charge in [0.15, 0.2) is 0 Å². The molecule has 0 radical (unpaired) electrons. The van der Waals surface area contributed by atoms with Crippen molar-refractivity contribution in [2.45, 2.75) is 0 Å². The van der Waals surface area contributed by atoms with E-state index in [0.717, 1.165) is 0 Å². The summed E-state index contributed by atoms with van der Waals surface area (Å²) >= 11 is 0. The Morgan fingerprint density at radius 3 is 2.00 bits per heavy atom. The Kier molecular flexibility index (Phi) is 9.04. The Labute approximate surface area is 52.2 Å². The summed E-state index contributed by atoms with van der Waals surface area (Å²) in [5.74, 6) is -0.782. The van der Waals surface area contributed by atoms with Crippen LogP contribution in [0.1, 0.15) is 0 Å². The number of hydrogen-bond acceptors (Lipinski definition) is 1. The van der Waals surface area contributed by atoms with Crippen molar-refractivity contribution in [2.75, 3.05) is 6.16 Å². The Bertz CT molecular complexity index is 46.8. The van der Waals surface area contributed by atoms with Crippen molar-refractivity contribution in [1.82, 2.24) is 0 Å². The molecule has 0 amide bonds. The molecule has 0 rings (SSSR count). The van der Waals surface area contributed by atoms with Crippen molar-refractivity contribution < 1.29 is 30.3 Å². The standard InChI is InChI=1S/C2H5O2P.Pd/c3-2(4)1-5;/h1,5H2,(H,3,4);. The number of aliphatic carboxylic acids is 1. The first-order valence-corrected chi connectivity index (χ1v) is 2.01. The second kappa shape index (κ2) is 5.56. The molecule has 0 fully saturated rings. The van der Waals surface area contributed by atoms with Crippen LogP contribution in [0.5, 0.6) is 0 Å². The van der Waals surface area contributed by atoms with E-state index in [0.29, 0.717) is 0 Å². The van der Waals surface area contributed by atoms with Crippen molar-refractivity contribution >= 4 is 15.2 Å². The van der Waals surface area contributed by atoms with Gasteiger partial charge in [0.05, 0.1) is 6.16 Å². The topological polar surface area (TPSA) is 37.3 Å². The minimum Gasteiger partial charge on any atom is -0.481 e. The fourth-order valence-corrected chi connectivity index (χ4v) is 0. The van der Waals surface area contributed by atoms with E-state index in [-0.39, 0.29) is 26.6 Å². The zero-order chi connectivity index (χ0) is 4.28. The first kappa shape index (κ1) is 9.75. The number of carboxylic acids is 1. The van der Waals surface area contributed by atoms with Crippen molar-refractivity contribution in [3.63, 3.8) is 0 Å². The minimum atomic E-state index is -0.782. The van der Waals surface area contributed by atoms with Crippen LogP contribution in [0.25, 0.3) is 0 Å². The molecule has 1 atom stereocenters. The van der Waals surface area contributed by atoms with Crippen LogP contribution in [0.3, 0.4) is 0 Å². The summed E-state index contributed by atoms with van der Waals surface area (Å²) in [6, 6.07) is 0. The molecule has 6 heavy (non-hydrogen) atoms. The first-order chi connectivity index (χ1) is 2.27. The maximum Gasteiger partial charge on any atom is 0.307 e. The number of hydrogen-bond donors (Lipinski definition) is 1.